The standard InChI is InChI=1S/C11H21N3O4/c1-11(2,3)18-10(17)14-7(9(12)16)5-6-8(15)13-4/h7H,5-6H2,1-4H3,(H2,12,16)(H,13,15)(H,14,17). The average molecular weight is 259 g/mol. The minimum absolute atomic E-state index is 0.0971. The Morgan fingerprint density at radius 1 is 1.28 bits per heavy atom. The second-order valence-corrected chi connectivity index (χ2v) is 4.81. The molecule has 1 unspecified atom stereocenters. The van der Waals surface area contributed by atoms with Gasteiger partial charge in [0.2, 0.25) is 11.8 Å². The number of rotatable bonds is 5. The Hall–Kier alpha value is -1.79. The van der Waals surface area contributed by atoms with Gasteiger partial charge in [0.15, 0.2) is 0 Å². The first-order valence-corrected chi connectivity index (χ1v) is 5.65. The van der Waals surface area contributed by atoms with E-state index in [9.17, 15) is 14.4 Å². The molecular formula is C11H21N3O4. The molecule has 0 aromatic carbocycles. The summed E-state index contributed by atoms with van der Waals surface area (Å²) >= 11 is 0. The van der Waals surface area contributed by atoms with Gasteiger partial charge in [-0.25, -0.2) is 4.79 Å². The summed E-state index contributed by atoms with van der Waals surface area (Å²) < 4.78 is 4.99. The molecule has 0 heterocycles. The molecule has 0 aromatic rings. The third kappa shape index (κ3) is 7.48. The van der Waals surface area contributed by atoms with Crippen LogP contribution in [-0.4, -0.2) is 36.6 Å². The SMILES string of the molecule is CNC(=O)CCC(NC(=O)OC(C)(C)C)C(N)=O. The van der Waals surface area contributed by atoms with Crippen molar-refractivity contribution in [1.82, 2.24) is 10.6 Å². The lowest BCUT2D eigenvalue weighted by molar-refractivity contribution is -0.122. The summed E-state index contributed by atoms with van der Waals surface area (Å²) in [4.78, 5) is 33.6. The van der Waals surface area contributed by atoms with Crippen LogP contribution in [0.5, 0.6) is 0 Å². The largest absolute Gasteiger partial charge is 0.444 e. The second-order valence-electron chi connectivity index (χ2n) is 4.81. The fourth-order valence-corrected chi connectivity index (χ4v) is 1.14. The van der Waals surface area contributed by atoms with E-state index in [1.54, 1.807) is 20.8 Å². The minimum atomic E-state index is -0.919. The Bertz CT molecular complexity index is 323. The number of primary amides is 1. The molecule has 4 N–H and O–H groups in total. The number of amides is 3. The van der Waals surface area contributed by atoms with E-state index in [2.05, 4.69) is 10.6 Å². The van der Waals surface area contributed by atoms with E-state index in [4.69, 9.17) is 10.5 Å². The van der Waals surface area contributed by atoms with Gasteiger partial charge < -0.3 is 21.1 Å². The van der Waals surface area contributed by atoms with Gasteiger partial charge >= 0.3 is 6.09 Å². The lowest BCUT2D eigenvalue weighted by atomic mass is 10.1. The highest BCUT2D eigenvalue weighted by atomic mass is 16.6. The lowest BCUT2D eigenvalue weighted by Crippen LogP contribution is -2.46. The van der Waals surface area contributed by atoms with Gasteiger partial charge in [0, 0.05) is 13.5 Å². The second kappa shape index (κ2) is 6.83. The smallest absolute Gasteiger partial charge is 0.408 e. The number of hydrogen-bond acceptors (Lipinski definition) is 4. The van der Waals surface area contributed by atoms with Crippen molar-refractivity contribution in [1.29, 1.82) is 0 Å². The van der Waals surface area contributed by atoms with Crippen molar-refractivity contribution in [3.05, 3.63) is 0 Å². The van der Waals surface area contributed by atoms with Gasteiger partial charge in [0.1, 0.15) is 11.6 Å². The van der Waals surface area contributed by atoms with Crippen molar-refractivity contribution in [2.75, 3.05) is 7.05 Å². The molecule has 0 bridgehead atoms. The monoisotopic (exact) mass is 259 g/mol. The fraction of sp³-hybridized carbons (Fsp3) is 0.727. The summed E-state index contributed by atoms with van der Waals surface area (Å²) in [7, 11) is 1.49. The first-order chi connectivity index (χ1) is 8.15. The van der Waals surface area contributed by atoms with Crippen LogP contribution < -0.4 is 16.4 Å². The predicted octanol–water partition coefficient (Wildman–Crippen LogP) is -0.109. The maximum absolute atomic E-state index is 11.4. The summed E-state index contributed by atoms with van der Waals surface area (Å²) in [5.41, 5.74) is 4.48. The van der Waals surface area contributed by atoms with Crippen LogP contribution in [0.4, 0.5) is 4.79 Å². The van der Waals surface area contributed by atoms with Gasteiger partial charge in [-0.15, -0.1) is 0 Å². The van der Waals surface area contributed by atoms with Gasteiger partial charge in [0.25, 0.3) is 0 Å². The molecule has 0 aliphatic carbocycles. The quantitative estimate of drug-likeness (QED) is 0.639. The van der Waals surface area contributed by atoms with Gasteiger partial charge in [-0.05, 0) is 27.2 Å². The maximum Gasteiger partial charge on any atom is 0.408 e. The van der Waals surface area contributed by atoms with Crippen LogP contribution in [0.3, 0.4) is 0 Å². The van der Waals surface area contributed by atoms with Gasteiger partial charge in [-0.1, -0.05) is 0 Å². The van der Waals surface area contributed by atoms with Crippen LogP contribution in [0.2, 0.25) is 0 Å². The summed E-state index contributed by atoms with van der Waals surface area (Å²) in [5, 5.41) is 4.75. The molecule has 3 amide bonds. The third-order valence-electron chi connectivity index (χ3n) is 1.97. The van der Waals surface area contributed by atoms with Gasteiger partial charge in [0.05, 0.1) is 0 Å². The van der Waals surface area contributed by atoms with Crippen LogP contribution in [0.15, 0.2) is 0 Å². The molecule has 1 atom stereocenters. The van der Waals surface area contributed by atoms with Gasteiger partial charge in [-0.3, -0.25) is 9.59 Å². The van der Waals surface area contributed by atoms with Crippen LogP contribution in [0, 0.1) is 0 Å². The summed E-state index contributed by atoms with van der Waals surface area (Å²) in [6.07, 6.45) is -0.503. The van der Waals surface area contributed by atoms with Crippen LogP contribution in [0.1, 0.15) is 33.6 Å². The van der Waals surface area contributed by atoms with Crippen LogP contribution >= 0.6 is 0 Å². The maximum atomic E-state index is 11.4. The molecule has 0 aromatic heterocycles. The van der Waals surface area contributed by atoms with Crippen LogP contribution in [-0.2, 0) is 14.3 Å². The molecular weight excluding hydrogens is 238 g/mol. The molecule has 7 heteroatoms. The van der Waals surface area contributed by atoms with Crippen LogP contribution in [0.25, 0.3) is 0 Å². The number of carbonyl (C=O) groups is 3. The van der Waals surface area contributed by atoms with Crippen molar-refractivity contribution in [3.8, 4) is 0 Å². The van der Waals surface area contributed by atoms with Crippen molar-refractivity contribution in [3.63, 3.8) is 0 Å². The molecule has 0 rings (SSSR count). The Balaban J connectivity index is 4.32. The zero-order valence-corrected chi connectivity index (χ0v) is 11.2. The summed E-state index contributed by atoms with van der Waals surface area (Å²) in [6.45, 7) is 5.11. The molecule has 0 aliphatic rings. The highest BCUT2D eigenvalue weighted by Gasteiger charge is 2.23. The lowest BCUT2D eigenvalue weighted by Gasteiger charge is -2.22. The Labute approximate surface area is 106 Å². The molecule has 0 fully saturated rings. The number of hydrogen-bond donors (Lipinski definition) is 3. The number of ether oxygens (including phenoxy) is 1. The zero-order valence-electron chi connectivity index (χ0n) is 11.2. The molecule has 18 heavy (non-hydrogen) atoms. The first-order valence-electron chi connectivity index (χ1n) is 5.65. The minimum Gasteiger partial charge on any atom is -0.444 e. The van der Waals surface area contributed by atoms with Crippen molar-refractivity contribution >= 4 is 17.9 Å². The molecule has 104 valence electrons. The Morgan fingerprint density at radius 3 is 2.22 bits per heavy atom. The van der Waals surface area contributed by atoms with E-state index in [1.807, 2.05) is 0 Å². The molecule has 0 aliphatic heterocycles. The number of alkyl carbamates (subject to hydrolysis) is 1. The molecule has 0 saturated carbocycles. The summed E-state index contributed by atoms with van der Waals surface area (Å²) in [5.74, 6) is -0.933. The van der Waals surface area contributed by atoms with Crippen molar-refractivity contribution < 1.29 is 19.1 Å². The average Bonchev–Trinajstić information content (AvgIpc) is 2.20. The third-order valence-corrected chi connectivity index (χ3v) is 1.97. The zero-order chi connectivity index (χ0) is 14.3. The first kappa shape index (κ1) is 16.2. The molecule has 7 nitrogen and oxygen atoms in total. The van der Waals surface area contributed by atoms with E-state index < -0.39 is 23.6 Å². The van der Waals surface area contributed by atoms with E-state index in [0.29, 0.717) is 0 Å². The van der Waals surface area contributed by atoms with Crippen molar-refractivity contribution in [2.24, 2.45) is 5.73 Å². The van der Waals surface area contributed by atoms with E-state index in [-0.39, 0.29) is 18.7 Å². The Morgan fingerprint density at radius 2 is 1.83 bits per heavy atom. The normalized spacial score (nSPS) is 12.4. The molecule has 0 saturated heterocycles. The fourth-order valence-electron chi connectivity index (χ4n) is 1.14. The van der Waals surface area contributed by atoms with Gasteiger partial charge in [-0.2, -0.15) is 0 Å². The highest BCUT2D eigenvalue weighted by molar-refractivity contribution is 5.85. The van der Waals surface area contributed by atoms with Crippen molar-refractivity contribution in [2.45, 2.75) is 45.3 Å². The van der Waals surface area contributed by atoms with E-state index >= 15 is 0 Å². The van der Waals surface area contributed by atoms with E-state index in [0.717, 1.165) is 0 Å². The topological polar surface area (TPSA) is 111 Å². The summed E-state index contributed by atoms with van der Waals surface area (Å²) in [6, 6.07) is -0.919. The number of carbonyl (C=O) groups excluding carboxylic acids is 3. The van der Waals surface area contributed by atoms with E-state index in [1.165, 1.54) is 7.05 Å². The Kier molecular flexibility index (Phi) is 6.15. The highest BCUT2D eigenvalue weighted by Crippen LogP contribution is 2.07. The predicted molar refractivity (Wildman–Crippen MR) is 65.7 cm³/mol. The molecule has 0 radical (unpaired) electrons. The molecule has 0 spiro atoms. The number of nitrogens with two attached hydrogens (primary N) is 1. The number of nitrogens with one attached hydrogen (secondary N) is 2.